The van der Waals surface area contributed by atoms with Crippen molar-refractivity contribution in [1.82, 2.24) is 19.7 Å². The molecule has 35 heavy (non-hydrogen) atoms. The van der Waals surface area contributed by atoms with Gasteiger partial charge in [0.05, 0.1) is 5.75 Å². The van der Waals surface area contributed by atoms with E-state index in [1.807, 2.05) is 96.4 Å². The van der Waals surface area contributed by atoms with E-state index < -0.39 is 0 Å². The van der Waals surface area contributed by atoms with Crippen molar-refractivity contribution in [3.63, 3.8) is 0 Å². The third-order valence-corrected chi connectivity index (χ3v) is 6.36. The lowest BCUT2D eigenvalue weighted by molar-refractivity contribution is -0.115. The van der Waals surface area contributed by atoms with Crippen LogP contribution in [0, 0.1) is 6.92 Å². The molecule has 0 aliphatic carbocycles. The van der Waals surface area contributed by atoms with Gasteiger partial charge < -0.3 is 0 Å². The number of pyridine rings is 1. The Morgan fingerprint density at radius 3 is 2.09 bits per heavy atom. The van der Waals surface area contributed by atoms with Crippen LogP contribution in [0.15, 0.2) is 115 Å². The molecule has 172 valence electrons. The second-order valence-corrected chi connectivity index (χ2v) is 8.85. The van der Waals surface area contributed by atoms with Crippen LogP contribution in [-0.4, -0.2) is 31.4 Å². The number of carbonyl (C=O) groups is 1. The van der Waals surface area contributed by atoms with Crippen LogP contribution in [-0.2, 0) is 4.79 Å². The van der Waals surface area contributed by atoms with Crippen LogP contribution >= 0.6 is 11.8 Å². The monoisotopic (exact) mass is 477 g/mol. The molecule has 0 aliphatic heterocycles. The highest BCUT2D eigenvalue weighted by Gasteiger charge is 2.21. The van der Waals surface area contributed by atoms with E-state index in [1.54, 1.807) is 17.3 Å². The van der Waals surface area contributed by atoms with Gasteiger partial charge in [0.25, 0.3) is 0 Å². The van der Waals surface area contributed by atoms with Crippen LogP contribution in [0.3, 0.4) is 0 Å². The quantitative estimate of drug-likeness (QED) is 0.265. The molecule has 0 saturated heterocycles. The van der Waals surface area contributed by atoms with Crippen molar-refractivity contribution in [2.75, 3.05) is 10.7 Å². The molecule has 5 rings (SSSR count). The predicted molar refractivity (Wildman–Crippen MR) is 140 cm³/mol. The van der Waals surface area contributed by atoms with Gasteiger partial charge in [-0.05, 0) is 55.5 Å². The first-order valence-electron chi connectivity index (χ1n) is 11.2. The van der Waals surface area contributed by atoms with Crippen LogP contribution in [0.5, 0.6) is 0 Å². The minimum atomic E-state index is -0.0474. The summed E-state index contributed by atoms with van der Waals surface area (Å²) < 4.78 is 1.98. The number of hydrogen-bond acceptors (Lipinski definition) is 5. The number of nitrogens with zero attached hydrogens (tertiary/aromatic N) is 5. The van der Waals surface area contributed by atoms with Crippen molar-refractivity contribution in [3.05, 3.63) is 115 Å². The van der Waals surface area contributed by atoms with Gasteiger partial charge in [-0.1, -0.05) is 65.9 Å². The predicted octanol–water partition coefficient (Wildman–Crippen LogP) is 6.09. The van der Waals surface area contributed by atoms with Crippen LogP contribution in [0.1, 0.15) is 5.56 Å². The molecular weight excluding hydrogens is 454 g/mol. The number of para-hydroxylation sites is 2. The average molecular weight is 478 g/mol. The minimum Gasteiger partial charge on any atom is -0.280 e. The molecule has 2 aromatic heterocycles. The highest BCUT2D eigenvalue weighted by molar-refractivity contribution is 7.99. The summed E-state index contributed by atoms with van der Waals surface area (Å²) in [5.74, 6) is 0.828. The Kier molecular flexibility index (Phi) is 6.68. The van der Waals surface area contributed by atoms with Gasteiger partial charge in [0.1, 0.15) is 0 Å². The summed E-state index contributed by atoms with van der Waals surface area (Å²) in [7, 11) is 0. The SMILES string of the molecule is Cc1ccc(-n2c(SCC(=O)N(c3ccccc3)c3ccccc3)nnc2-c2cccnc2)cc1. The van der Waals surface area contributed by atoms with Gasteiger partial charge in [-0.3, -0.25) is 19.2 Å². The van der Waals surface area contributed by atoms with E-state index in [2.05, 4.69) is 27.3 Å². The lowest BCUT2D eigenvalue weighted by Gasteiger charge is -2.23. The summed E-state index contributed by atoms with van der Waals surface area (Å²) >= 11 is 1.37. The van der Waals surface area contributed by atoms with E-state index in [-0.39, 0.29) is 11.7 Å². The van der Waals surface area contributed by atoms with Crippen molar-refractivity contribution in [1.29, 1.82) is 0 Å². The minimum absolute atomic E-state index is 0.0474. The molecule has 7 heteroatoms. The van der Waals surface area contributed by atoms with Crippen molar-refractivity contribution in [2.45, 2.75) is 12.1 Å². The lowest BCUT2D eigenvalue weighted by Crippen LogP contribution is -2.27. The van der Waals surface area contributed by atoms with Gasteiger partial charge in [-0.25, -0.2) is 0 Å². The van der Waals surface area contributed by atoms with Crippen molar-refractivity contribution in [3.8, 4) is 17.1 Å². The molecule has 6 nitrogen and oxygen atoms in total. The van der Waals surface area contributed by atoms with Crippen LogP contribution in [0.4, 0.5) is 11.4 Å². The number of anilines is 2. The van der Waals surface area contributed by atoms with Crippen LogP contribution < -0.4 is 4.90 Å². The number of aromatic nitrogens is 4. The summed E-state index contributed by atoms with van der Waals surface area (Å²) in [5, 5.41) is 9.54. The number of benzene rings is 3. The van der Waals surface area contributed by atoms with Crippen molar-refractivity contribution < 1.29 is 4.79 Å². The molecule has 0 unspecified atom stereocenters. The number of aryl methyl sites for hydroxylation is 1. The standard InChI is InChI=1S/C28H23N5OS/c1-21-14-16-25(17-15-21)33-27(22-9-8-18-29-19-22)30-31-28(33)35-20-26(34)32(23-10-4-2-5-11-23)24-12-6-3-7-13-24/h2-19H,20H2,1H3. The normalized spacial score (nSPS) is 10.8. The van der Waals surface area contributed by atoms with E-state index in [0.29, 0.717) is 11.0 Å². The summed E-state index contributed by atoms with van der Waals surface area (Å²) in [4.78, 5) is 19.5. The van der Waals surface area contributed by atoms with E-state index in [9.17, 15) is 4.79 Å². The maximum Gasteiger partial charge on any atom is 0.242 e. The zero-order chi connectivity index (χ0) is 24.0. The second-order valence-electron chi connectivity index (χ2n) is 7.91. The molecule has 0 radical (unpaired) electrons. The van der Waals surface area contributed by atoms with E-state index in [0.717, 1.165) is 28.2 Å². The van der Waals surface area contributed by atoms with Crippen molar-refractivity contribution in [2.24, 2.45) is 0 Å². The fourth-order valence-electron chi connectivity index (χ4n) is 3.75. The molecule has 1 amide bonds. The first-order valence-corrected chi connectivity index (χ1v) is 12.2. The molecule has 0 atom stereocenters. The highest BCUT2D eigenvalue weighted by Crippen LogP contribution is 2.30. The summed E-state index contributed by atoms with van der Waals surface area (Å²) in [6.45, 7) is 2.05. The molecule has 0 N–H and O–H groups in total. The fraction of sp³-hybridized carbons (Fsp3) is 0.0714. The molecule has 0 spiro atoms. The van der Waals surface area contributed by atoms with Crippen LogP contribution in [0.2, 0.25) is 0 Å². The third kappa shape index (κ3) is 5.00. The van der Waals surface area contributed by atoms with E-state index in [1.165, 1.54) is 11.8 Å². The first kappa shape index (κ1) is 22.6. The fourth-order valence-corrected chi connectivity index (χ4v) is 4.56. The zero-order valence-corrected chi connectivity index (χ0v) is 20.0. The number of hydrogen-bond donors (Lipinski definition) is 0. The molecule has 5 aromatic rings. The zero-order valence-electron chi connectivity index (χ0n) is 19.2. The Morgan fingerprint density at radius 2 is 1.49 bits per heavy atom. The molecule has 0 bridgehead atoms. The Balaban J connectivity index is 1.47. The number of thioether (sulfide) groups is 1. The van der Waals surface area contributed by atoms with Gasteiger partial charge in [0.15, 0.2) is 11.0 Å². The summed E-state index contributed by atoms with van der Waals surface area (Å²) in [5.41, 5.74) is 4.59. The molecule has 2 heterocycles. The smallest absolute Gasteiger partial charge is 0.242 e. The van der Waals surface area contributed by atoms with Gasteiger partial charge in [-0.2, -0.15) is 0 Å². The van der Waals surface area contributed by atoms with Gasteiger partial charge in [0, 0.05) is 35.0 Å². The Labute approximate surface area is 208 Å². The molecule has 0 saturated carbocycles. The molecule has 0 aliphatic rings. The first-order chi connectivity index (χ1) is 17.2. The van der Waals surface area contributed by atoms with Gasteiger partial charge in [-0.15, -0.1) is 10.2 Å². The third-order valence-electron chi connectivity index (χ3n) is 5.45. The Bertz CT molecular complexity index is 1370. The average Bonchev–Trinajstić information content (AvgIpc) is 3.34. The highest BCUT2D eigenvalue weighted by atomic mass is 32.2. The number of rotatable bonds is 7. The molecular formula is C28H23N5OS. The van der Waals surface area contributed by atoms with E-state index in [4.69, 9.17) is 0 Å². The maximum absolute atomic E-state index is 13.5. The Hall–Kier alpha value is -4.23. The second kappa shape index (κ2) is 10.4. The Morgan fingerprint density at radius 1 is 0.829 bits per heavy atom. The van der Waals surface area contributed by atoms with E-state index >= 15 is 0 Å². The molecule has 0 fully saturated rings. The summed E-state index contributed by atoms with van der Waals surface area (Å²) in [6, 6.07) is 31.3. The molecule has 3 aromatic carbocycles. The topological polar surface area (TPSA) is 63.9 Å². The van der Waals surface area contributed by atoms with Crippen molar-refractivity contribution >= 4 is 29.0 Å². The number of carbonyl (C=O) groups excluding carboxylic acids is 1. The maximum atomic E-state index is 13.5. The van der Waals surface area contributed by atoms with Gasteiger partial charge >= 0.3 is 0 Å². The largest absolute Gasteiger partial charge is 0.280 e. The number of amides is 1. The lowest BCUT2D eigenvalue weighted by atomic mass is 10.2. The van der Waals surface area contributed by atoms with Gasteiger partial charge in [0.2, 0.25) is 5.91 Å². The summed E-state index contributed by atoms with van der Waals surface area (Å²) in [6.07, 6.45) is 3.49. The van der Waals surface area contributed by atoms with Crippen LogP contribution in [0.25, 0.3) is 17.1 Å².